The predicted molar refractivity (Wildman–Crippen MR) is 65.2 cm³/mol. The molecular weight excluding hydrogens is 236 g/mol. The lowest BCUT2D eigenvalue weighted by atomic mass is 10.1. The summed E-state index contributed by atoms with van der Waals surface area (Å²) in [6, 6.07) is 12.2. The highest BCUT2D eigenvalue weighted by Gasteiger charge is 2.09. The molecule has 0 bridgehead atoms. The highest BCUT2D eigenvalue weighted by Crippen LogP contribution is 2.19. The lowest BCUT2D eigenvalue weighted by Gasteiger charge is -2.13. The summed E-state index contributed by atoms with van der Waals surface area (Å²) in [6.07, 6.45) is 0. The maximum absolute atomic E-state index is 13.3. The van der Waals surface area contributed by atoms with Crippen molar-refractivity contribution < 1.29 is 13.5 Å². The highest BCUT2D eigenvalue weighted by molar-refractivity contribution is 5.25. The fraction of sp³-hybridized carbons (Fsp3) is 0.143. The summed E-state index contributed by atoms with van der Waals surface area (Å²) in [5.74, 6) is -1.36. The quantitative estimate of drug-likeness (QED) is 0.903. The average molecular weight is 249 g/mol. The maximum Gasteiger partial charge on any atom is 0.167 e. The summed E-state index contributed by atoms with van der Waals surface area (Å²) in [7, 11) is 0. The second-order valence-electron chi connectivity index (χ2n) is 3.90. The third-order valence-electron chi connectivity index (χ3n) is 2.54. The van der Waals surface area contributed by atoms with Gasteiger partial charge in [-0.25, -0.2) is 8.78 Å². The lowest BCUT2D eigenvalue weighted by molar-refractivity contribution is 0.276. The maximum atomic E-state index is 13.3. The van der Waals surface area contributed by atoms with E-state index in [9.17, 15) is 8.78 Å². The molecule has 0 saturated carbocycles. The Kier molecular flexibility index (Phi) is 3.89. The third kappa shape index (κ3) is 3.05. The van der Waals surface area contributed by atoms with Crippen LogP contribution in [0.3, 0.4) is 0 Å². The molecule has 0 aliphatic heterocycles. The average Bonchev–Trinajstić information content (AvgIpc) is 2.38. The molecule has 2 nitrogen and oxygen atoms in total. The van der Waals surface area contributed by atoms with Crippen LogP contribution in [-0.2, 0) is 0 Å². The van der Waals surface area contributed by atoms with E-state index in [0.717, 1.165) is 17.7 Å². The molecule has 1 atom stereocenters. The zero-order valence-corrected chi connectivity index (χ0v) is 9.64. The van der Waals surface area contributed by atoms with E-state index in [1.807, 2.05) is 30.3 Å². The van der Waals surface area contributed by atoms with Crippen molar-refractivity contribution in [2.24, 2.45) is 5.73 Å². The van der Waals surface area contributed by atoms with Crippen LogP contribution in [0.15, 0.2) is 48.5 Å². The number of halogens is 2. The van der Waals surface area contributed by atoms with Crippen molar-refractivity contribution >= 4 is 0 Å². The van der Waals surface area contributed by atoms with Gasteiger partial charge in [-0.05, 0) is 17.7 Å². The van der Waals surface area contributed by atoms with Gasteiger partial charge in [-0.3, -0.25) is 0 Å². The first-order chi connectivity index (χ1) is 8.66. The Bertz CT molecular complexity index is 516. The van der Waals surface area contributed by atoms with Crippen molar-refractivity contribution in [3.63, 3.8) is 0 Å². The largest absolute Gasteiger partial charge is 0.489 e. The molecule has 2 N–H and O–H groups in total. The Morgan fingerprint density at radius 3 is 2.44 bits per heavy atom. The Labute approximate surface area is 104 Å². The first kappa shape index (κ1) is 12.5. The smallest absolute Gasteiger partial charge is 0.167 e. The van der Waals surface area contributed by atoms with Crippen LogP contribution < -0.4 is 10.5 Å². The molecule has 0 heterocycles. The van der Waals surface area contributed by atoms with Gasteiger partial charge in [-0.1, -0.05) is 30.3 Å². The summed E-state index contributed by atoms with van der Waals surface area (Å²) in [4.78, 5) is 0. The molecule has 0 radical (unpaired) electrons. The summed E-state index contributed by atoms with van der Waals surface area (Å²) in [5, 5.41) is 0. The van der Waals surface area contributed by atoms with Crippen LogP contribution in [0.25, 0.3) is 0 Å². The van der Waals surface area contributed by atoms with E-state index in [-0.39, 0.29) is 18.4 Å². The normalized spacial score (nSPS) is 12.2. The molecule has 2 aromatic carbocycles. The van der Waals surface area contributed by atoms with E-state index in [1.54, 1.807) is 0 Å². The van der Waals surface area contributed by atoms with Crippen LogP contribution in [0.4, 0.5) is 8.78 Å². The molecule has 0 aromatic heterocycles. The van der Waals surface area contributed by atoms with Crippen molar-refractivity contribution in [3.8, 4) is 5.75 Å². The molecular formula is C14H13F2NO. The first-order valence-corrected chi connectivity index (χ1v) is 5.55. The molecule has 0 aliphatic rings. The zero-order chi connectivity index (χ0) is 13.0. The predicted octanol–water partition coefficient (Wildman–Crippen LogP) is 3.04. The molecule has 2 aromatic rings. The number of ether oxygens (including phenoxy) is 1. The van der Waals surface area contributed by atoms with Crippen molar-refractivity contribution in [1.82, 2.24) is 0 Å². The third-order valence-corrected chi connectivity index (χ3v) is 2.54. The van der Waals surface area contributed by atoms with Crippen LogP contribution in [-0.4, -0.2) is 6.61 Å². The monoisotopic (exact) mass is 249 g/mol. The van der Waals surface area contributed by atoms with Gasteiger partial charge in [0.2, 0.25) is 0 Å². The minimum atomic E-state index is -0.727. The number of hydrogen-bond donors (Lipinski definition) is 1. The molecule has 0 amide bonds. The minimum Gasteiger partial charge on any atom is -0.489 e. The van der Waals surface area contributed by atoms with Crippen molar-refractivity contribution in [1.29, 1.82) is 0 Å². The molecule has 2 rings (SSSR count). The van der Waals surface area contributed by atoms with Crippen molar-refractivity contribution in [3.05, 3.63) is 65.7 Å². The minimum absolute atomic E-state index is 0.00258. The number of hydrogen-bond acceptors (Lipinski definition) is 2. The fourth-order valence-electron chi connectivity index (χ4n) is 1.57. The number of rotatable bonds is 4. The Morgan fingerprint density at radius 1 is 1.06 bits per heavy atom. The molecule has 0 fully saturated rings. The number of benzene rings is 2. The standard InChI is InChI=1S/C14H13F2NO/c15-11-6-7-14(12(16)8-11)18-9-13(17)10-4-2-1-3-5-10/h1-8,13H,9,17H2. The fourth-order valence-corrected chi connectivity index (χ4v) is 1.57. The summed E-state index contributed by atoms with van der Waals surface area (Å²) in [6.45, 7) is 0.132. The zero-order valence-electron chi connectivity index (χ0n) is 9.64. The van der Waals surface area contributed by atoms with Crippen LogP contribution >= 0.6 is 0 Å². The number of nitrogens with two attached hydrogens (primary N) is 1. The summed E-state index contributed by atoms with van der Waals surface area (Å²) in [5.41, 5.74) is 6.80. The van der Waals surface area contributed by atoms with Gasteiger partial charge in [0.05, 0.1) is 6.04 Å². The van der Waals surface area contributed by atoms with Gasteiger partial charge in [0.1, 0.15) is 12.4 Å². The van der Waals surface area contributed by atoms with Gasteiger partial charge < -0.3 is 10.5 Å². The van der Waals surface area contributed by atoms with Gasteiger partial charge in [0.25, 0.3) is 0 Å². The van der Waals surface area contributed by atoms with E-state index >= 15 is 0 Å². The van der Waals surface area contributed by atoms with E-state index in [4.69, 9.17) is 10.5 Å². The molecule has 4 heteroatoms. The van der Waals surface area contributed by atoms with Gasteiger partial charge >= 0.3 is 0 Å². The summed E-state index contributed by atoms with van der Waals surface area (Å²) >= 11 is 0. The Morgan fingerprint density at radius 2 is 1.78 bits per heavy atom. The summed E-state index contributed by atoms with van der Waals surface area (Å²) < 4.78 is 31.2. The molecule has 1 unspecified atom stereocenters. The van der Waals surface area contributed by atoms with E-state index in [1.165, 1.54) is 6.07 Å². The molecule has 94 valence electrons. The van der Waals surface area contributed by atoms with Crippen LogP contribution in [0, 0.1) is 11.6 Å². The van der Waals surface area contributed by atoms with E-state index in [2.05, 4.69) is 0 Å². The van der Waals surface area contributed by atoms with Gasteiger partial charge in [-0.15, -0.1) is 0 Å². The first-order valence-electron chi connectivity index (χ1n) is 5.55. The Hall–Kier alpha value is -1.94. The SMILES string of the molecule is NC(COc1ccc(F)cc1F)c1ccccc1. The molecule has 0 saturated heterocycles. The van der Waals surface area contributed by atoms with Crippen LogP contribution in [0.2, 0.25) is 0 Å². The highest BCUT2D eigenvalue weighted by atomic mass is 19.1. The van der Waals surface area contributed by atoms with Gasteiger partial charge in [0, 0.05) is 6.07 Å². The molecule has 0 aliphatic carbocycles. The van der Waals surface area contributed by atoms with Gasteiger partial charge in [-0.2, -0.15) is 0 Å². The Balaban J connectivity index is 1.99. The topological polar surface area (TPSA) is 35.2 Å². The molecule has 18 heavy (non-hydrogen) atoms. The molecule has 0 spiro atoms. The van der Waals surface area contributed by atoms with E-state index in [0.29, 0.717) is 0 Å². The van der Waals surface area contributed by atoms with E-state index < -0.39 is 11.6 Å². The van der Waals surface area contributed by atoms with Crippen LogP contribution in [0.1, 0.15) is 11.6 Å². The van der Waals surface area contributed by atoms with Gasteiger partial charge in [0.15, 0.2) is 11.6 Å². The second kappa shape index (κ2) is 5.60. The van der Waals surface area contributed by atoms with Crippen LogP contribution in [0.5, 0.6) is 5.75 Å². The van der Waals surface area contributed by atoms with Crippen molar-refractivity contribution in [2.75, 3.05) is 6.61 Å². The second-order valence-corrected chi connectivity index (χ2v) is 3.90. The lowest BCUT2D eigenvalue weighted by Crippen LogP contribution is -2.19. The van der Waals surface area contributed by atoms with Crippen molar-refractivity contribution in [2.45, 2.75) is 6.04 Å².